The molecule has 3 N–H and O–H groups in total. The van der Waals surface area contributed by atoms with Crippen LogP contribution in [0.15, 0.2) is 58.3 Å². The van der Waals surface area contributed by atoms with Gasteiger partial charge >= 0.3 is 0 Å². The first-order valence-electron chi connectivity index (χ1n) is 6.56. The second kappa shape index (κ2) is 6.75. The number of primary sulfonamides is 1. The lowest BCUT2D eigenvalue weighted by Gasteiger charge is -2.08. The topological polar surface area (TPSA) is 106 Å². The molecule has 0 spiro atoms. The number of halogens is 1. The van der Waals surface area contributed by atoms with Gasteiger partial charge in [0.05, 0.1) is 9.79 Å². The van der Waals surface area contributed by atoms with Gasteiger partial charge < -0.3 is 0 Å². The van der Waals surface area contributed by atoms with Gasteiger partial charge in [0.15, 0.2) is 0 Å². The molecule has 124 valence electrons. The van der Waals surface area contributed by atoms with E-state index in [1.165, 1.54) is 24.3 Å². The minimum absolute atomic E-state index is 0.0249. The number of nitrogens with one attached hydrogen (secondary N) is 1. The second-order valence-corrected chi connectivity index (χ2v) is 8.09. The summed E-state index contributed by atoms with van der Waals surface area (Å²) >= 11 is 0. The maximum atomic E-state index is 13.5. The highest BCUT2D eigenvalue weighted by Crippen LogP contribution is 2.14. The smallest absolute Gasteiger partial charge is 0.225 e. The fourth-order valence-corrected chi connectivity index (χ4v) is 3.63. The van der Waals surface area contributed by atoms with Crippen molar-refractivity contribution in [1.82, 2.24) is 4.72 Å². The maximum Gasteiger partial charge on any atom is 0.240 e. The lowest BCUT2D eigenvalue weighted by molar-refractivity contribution is 0.577. The van der Waals surface area contributed by atoms with Crippen LogP contribution in [0.5, 0.6) is 0 Å². The number of nitrogens with two attached hydrogens (primary N) is 1. The summed E-state index contributed by atoms with van der Waals surface area (Å²) in [4.78, 5) is -0.521. The van der Waals surface area contributed by atoms with E-state index in [1.807, 2.05) is 0 Å². The lowest BCUT2D eigenvalue weighted by atomic mass is 10.1. The van der Waals surface area contributed by atoms with Crippen LogP contribution in [0.1, 0.15) is 5.56 Å². The zero-order valence-electron chi connectivity index (χ0n) is 11.9. The molecule has 9 heteroatoms. The van der Waals surface area contributed by atoms with Crippen molar-refractivity contribution >= 4 is 20.0 Å². The maximum absolute atomic E-state index is 13.5. The first kappa shape index (κ1) is 17.5. The average Bonchev–Trinajstić information content (AvgIpc) is 2.48. The van der Waals surface area contributed by atoms with Crippen LogP contribution in [0.4, 0.5) is 4.39 Å². The molecule has 0 aromatic heterocycles. The Morgan fingerprint density at radius 2 is 1.61 bits per heavy atom. The molecule has 6 nitrogen and oxygen atoms in total. The fourth-order valence-electron chi connectivity index (χ4n) is 1.92. The van der Waals surface area contributed by atoms with Crippen LogP contribution in [-0.4, -0.2) is 23.4 Å². The molecule has 2 aromatic rings. The third-order valence-electron chi connectivity index (χ3n) is 3.09. The normalized spacial score (nSPS) is 12.3. The van der Waals surface area contributed by atoms with E-state index in [1.54, 1.807) is 18.2 Å². The van der Waals surface area contributed by atoms with E-state index in [4.69, 9.17) is 5.14 Å². The van der Waals surface area contributed by atoms with Crippen molar-refractivity contribution in [2.24, 2.45) is 5.14 Å². The van der Waals surface area contributed by atoms with Crippen molar-refractivity contribution in [2.45, 2.75) is 16.2 Å². The van der Waals surface area contributed by atoms with E-state index in [0.717, 1.165) is 6.07 Å². The van der Waals surface area contributed by atoms with Crippen LogP contribution in [0.3, 0.4) is 0 Å². The highest BCUT2D eigenvalue weighted by Gasteiger charge is 2.17. The lowest BCUT2D eigenvalue weighted by Crippen LogP contribution is -2.26. The number of hydrogen-bond donors (Lipinski definition) is 2. The van der Waals surface area contributed by atoms with Crippen molar-refractivity contribution < 1.29 is 21.2 Å². The van der Waals surface area contributed by atoms with Gasteiger partial charge in [-0.3, -0.25) is 0 Å². The van der Waals surface area contributed by atoms with E-state index in [9.17, 15) is 21.2 Å². The molecule has 0 bridgehead atoms. The Labute approximate surface area is 134 Å². The van der Waals surface area contributed by atoms with Gasteiger partial charge in [0.2, 0.25) is 20.0 Å². The zero-order chi connectivity index (χ0) is 17.1. The van der Waals surface area contributed by atoms with Crippen LogP contribution in [-0.2, 0) is 26.5 Å². The first-order chi connectivity index (χ1) is 10.7. The van der Waals surface area contributed by atoms with Crippen molar-refractivity contribution in [1.29, 1.82) is 0 Å². The molecule has 0 saturated carbocycles. The summed E-state index contributed by atoms with van der Waals surface area (Å²) in [7, 11) is -7.92. The molecule has 0 heterocycles. The molecule has 0 radical (unpaired) electrons. The summed E-state index contributed by atoms with van der Waals surface area (Å²) in [6.45, 7) is -0.0249. The molecule has 0 atom stereocenters. The quantitative estimate of drug-likeness (QED) is 0.803. The molecule has 0 unspecified atom stereocenters. The Balaban J connectivity index is 2.12. The number of sulfonamides is 2. The monoisotopic (exact) mass is 358 g/mol. The van der Waals surface area contributed by atoms with Gasteiger partial charge in [-0.2, -0.15) is 0 Å². The fraction of sp³-hybridized carbons (Fsp3) is 0.143. The van der Waals surface area contributed by atoms with Gasteiger partial charge in [0.25, 0.3) is 0 Å². The zero-order valence-corrected chi connectivity index (χ0v) is 13.6. The van der Waals surface area contributed by atoms with Gasteiger partial charge in [0.1, 0.15) is 5.82 Å². The molecular weight excluding hydrogens is 343 g/mol. The summed E-state index contributed by atoms with van der Waals surface area (Å²) in [5.41, 5.74) is 0.383. The predicted octanol–water partition coefficient (Wildman–Crippen LogP) is 0.994. The molecule has 0 saturated heterocycles. The third-order valence-corrected chi connectivity index (χ3v) is 5.46. The minimum Gasteiger partial charge on any atom is -0.225 e. The molecular formula is C14H15FN2O4S2. The van der Waals surface area contributed by atoms with Crippen molar-refractivity contribution in [3.63, 3.8) is 0 Å². The summed E-state index contributed by atoms with van der Waals surface area (Å²) < 4.78 is 62.6. The number of benzene rings is 2. The standard InChI is InChI=1S/C14H15FN2O4S2/c15-14-7-2-1-4-11(14)8-9-17-23(20,21)13-6-3-5-12(10-13)22(16,18)19/h1-7,10,17H,8-9H2,(H2,16,18,19). The summed E-state index contributed by atoms with van der Waals surface area (Å²) in [5.74, 6) is -0.414. The van der Waals surface area contributed by atoms with Gasteiger partial charge in [-0.15, -0.1) is 0 Å². The van der Waals surface area contributed by atoms with Crippen LogP contribution < -0.4 is 9.86 Å². The highest BCUT2D eigenvalue weighted by atomic mass is 32.2. The SMILES string of the molecule is NS(=O)(=O)c1cccc(S(=O)(=O)NCCc2ccccc2F)c1. The van der Waals surface area contributed by atoms with Crippen molar-refractivity contribution in [2.75, 3.05) is 6.54 Å². The van der Waals surface area contributed by atoms with Gasteiger partial charge in [-0.05, 0) is 36.2 Å². The molecule has 23 heavy (non-hydrogen) atoms. The number of hydrogen-bond acceptors (Lipinski definition) is 4. The average molecular weight is 358 g/mol. The first-order valence-corrected chi connectivity index (χ1v) is 9.59. The molecule has 2 rings (SSSR count). The highest BCUT2D eigenvalue weighted by molar-refractivity contribution is 7.90. The van der Waals surface area contributed by atoms with Gasteiger partial charge in [0, 0.05) is 6.54 Å². The molecule has 2 aromatic carbocycles. The van der Waals surface area contributed by atoms with E-state index in [2.05, 4.69) is 4.72 Å². The van der Waals surface area contributed by atoms with Gasteiger partial charge in [-0.1, -0.05) is 24.3 Å². The molecule has 0 amide bonds. The Morgan fingerprint density at radius 1 is 0.957 bits per heavy atom. The third kappa shape index (κ3) is 4.58. The summed E-state index contributed by atoms with van der Waals surface area (Å²) in [5, 5.41) is 4.98. The van der Waals surface area contributed by atoms with Crippen LogP contribution in [0.25, 0.3) is 0 Å². The van der Waals surface area contributed by atoms with E-state index >= 15 is 0 Å². The molecule has 0 fully saturated rings. The predicted molar refractivity (Wildman–Crippen MR) is 83.1 cm³/mol. The van der Waals surface area contributed by atoms with E-state index in [0.29, 0.717) is 5.56 Å². The van der Waals surface area contributed by atoms with Crippen molar-refractivity contribution in [3.8, 4) is 0 Å². The minimum atomic E-state index is -4.00. The Morgan fingerprint density at radius 3 is 2.26 bits per heavy atom. The Hall–Kier alpha value is -1.81. The summed E-state index contributed by atoms with van der Waals surface area (Å²) in [6, 6.07) is 10.8. The second-order valence-electron chi connectivity index (χ2n) is 4.76. The summed E-state index contributed by atoms with van der Waals surface area (Å²) in [6.07, 6.45) is 0.167. The van der Waals surface area contributed by atoms with E-state index < -0.39 is 25.9 Å². The Bertz CT molecular complexity index is 912. The van der Waals surface area contributed by atoms with Crippen LogP contribution in [0, 0.1) is 5.82 Å². The largest absolute Gasteiger partial charge is 0.240 e. The Kier molecular flexibility index (Phi) is 5.15. The van der Waals surface area contributed by atoms with Gasteiger partial charge in [-0.25, -0.2) is 31.1 Å². The number of rotatable bonds is 6. The van der Waals surface area contributed by atoms with E-state index in [-0.39, 0.29) is 22.8 Å². The van der Waals surface area contributed by atoms with Crippen molar-refractivity contribution in [3.05, 3.63) is 59.9 Å². The molecule has 0 aliphatic rings. The molecule has 0 aliphatic carbocycles. The molecule has 0 aliphatic heterocycles. The van der Waals surface area contributed by atoms with Crippen LogP contribution >= 0.6 is 0 Å². The van der Waals surface area contributed by atoms with Crippen LogP contribution in [0.2, 0.25) is 0 Å².